The van der Waals surface area contributed by atoms with Gasteiger partial charge >= 0.3 is 0 Å². The van der Waals surface area contributed by atoms with Crippen LogP contribution in [0.5, 0.6) is 0 Å². The Labute approximate surface area is 76.4 Å². The molecule has 0 saturated carbocycles. The molecule has 11 heavy (non-hydrogen) atoms. The van der Waals surface area contributed by atoms with E-state index in [1.807, 2.05) is 12.1 Å². The summed E-state index contributed by atoms with van der Waals surface area (Å²) in [6.07, 6.45) is 1.44. The molecule has 0 bridgehead atoms. The number of halogens is 1. The average Bonchev–Trinajstić information content (AvgIpc) is 2.36. The van der Waals surface area contributed by atoms with Gasteiger partial charge in [0.25, 0.3) is 0 Å². The number of nitrogens with zero attached hydrogens (tertiary/aromatic N) is 1. The predicted octanol–water partition coefficient (Wildman–Crippen LogP) is 2.82. The van der Waals surface area contributed by atoms with Crippen LogP contribution in [0.1, 0.15) is 4.88 Å². The minimum atomic E-state index is 0.454. The van der Waals surface area contributed by atoms with Crippen molar-refractivity contribution in [2.24, 2.45) is 4.99 Å². The molecule has 0 atom stereocenters. The molecule has 0 fully saturated rings. The van der Waals surface area contributed by atoms with Gasteiger partial charge in [0.2, 0.25) is 6.08 Å². The fraction of sp³-hybridized carbons (Fsp3) is 0. The van der Waals surface area contributed by atoms with Gasteiger partial charge in [-0.05, 0) is 28.1 Å². The molecule has 1 aromatic rings. The molecule has 0 aromatic carbocycles. The van der Waals surface area contributed by atoms with Gasteiger partial charge in [0.15, 0.2) is 0 Å². The zero-order valence-electron chi connectivity index (χ0n) is 5.50. The highest BCUT2D eigenvalue weighted by atomic mass is 79.9. The van der Waals surface area contributed by atoms with Crippen molar-refractivity contribution < 1.29 is 4.79 Å². The summed E-state index contributed by atoms with van der Waals surface area (Å²) in [7, 11) is 0. The molecular formula is C7H4BrNOS. The highest BCUT2D eigenvalue weighted by Crippen LogP contribution is 2.27. The van der Waals surface area contributed by atoms with E-state index in [2.05, 4.69) is 27.5 Å². The fourth-order valence-electron chi connectivity index (χ4n) is 0.580. The van der Waals surface area contributed by atoms with Gasteiger partial charge in [-0.1, -0.05) is 6.58 Å². The Hall–Kier alpha value is -0.700. The van der Waals surface area contributed by atoms with E-state index >= 15 is 0 Å². The molecule has 1 heterocycles. The van der Waals surface area contributed by atoms with Crippen molar-refractivity contribution in [3.05, 3.63) is 27.4 Å². The molecule has 0 unspecified atom stereocenters. The summed E-state index contributed by atoms with van der Waals surface area (Å²) in [6.45, 7) is 3.59. The minimum Gasteiger partial charge on any atom is -0.211 e. The Morgan fingerprint density at radius 2 is 2.45 bits per heavy atom. The maximum Gasteiger partial charge on any atom is 0.240 e. The normalized spacial score (nSPS) is 8.82. The first kappa shape index (κ1) is 8.40. The van der Waals surface area contributed by atoms with E-state index in [1.165, 1.54) is 17.4 Å². The van der Waals surface area contributed by atoms with Gasteiger partial charge in [0.05, 0.1) is 14.4 Å². The van der Waals surface area contributed by atoms with Crippen LogP contribution in [0.25, 0.3) is 5.70 Å². The lowest BCUT2D eigenvalue weighted by Crippen LogP contribution is -1.67. The molecule has 2 nitrogen and oxygen atoms in total. The molecule has 1 rings (SSSR count). The zero-order valence-corrected chi connectivity index (χ0v) is 7.91. The van der Waals surface area contributed by atoms with Crippen LogP contribution in [0.15, 0.2) is 27.5 Å². The van der Waals surface area contributed by atoms with E-state index < -0.39 is 0 Å². The summed E-state index contributed by atoms with van der Waals surface area (Å²) < 4.78 is 0.995. The number of hydrogen-bond acceptors (Lipinski definition) is 3. The van der Waals surface area contributed by atoms with Crippen LogP contribution >= 0.6 is 27.3 Å². The predicted molar refractivity (Wildman–Crippen MR) is 49.2 cm³/mol. The highest BCUT2D eigenvalue weighted by molar-refractivity contribution is 9.11. The van der Waals surface area contributed by atoms with Crippen LogP contribution in [-0.4, -0.2) is 6.08 Å². The summed E-state index contributed by atoms with van der Waals surface area (Å²) in [6, 6.07) is 3.73. The largest absolute Gasteiger partial charge is 0.240 e. The number of thiophene rings is 1. The number of hydrogen-bond donors (Lipinski definition) is 0. The van der Waals surface area contributed by atoms with Crippen LogP contribution in [0, 0.1) is 0 Å². The Kier molecular flexibility index (Phi) is 2.76. The lowest BCUT2D eigenvalue weighted by Gasteiger charge is -1.87. The summed E-state index contributed by atoms with van der Waals surface area (Å²) in [5.41, 5.74) is 0.454. The van der Waals surface area contributed by atoms with E-state index in [-0.39, 0.29) is 0 Å². The Morgan fingerprint density at radius 1 is 1.73 bits per heavy atom. The van der Waals surface area contributed by atoms with Crippen LogP contribution < -0.4 is 0 Å². The zero-order chi connectivity index (χ0) is 8.27. The number of isocyanates is 1. The monoisotopic (exact) mass is 229 g/mol. The van der Waals surface area contributed by atoms with E-state index in [1.54, 1.807) is 0 Å². The molecule has 0 aliphatic heterocycles. The second kappa shape index (κ2) is 3.62. The minimum absolute atomic E-state index is 0.454. The maximum atomic E-state index is 9.84. The van der Waals surface area contributed by atoms with E-state index in [0.717, 1.165) is 8.66 Å². The molecule has 1 aromatic heterocycles. The lowest BCUT2D eigenvalue weighted by atomic mass is 10.4. The summed E-state index contributed by atoms with van der Waals surface area (Å²) >= 11 is 4.77. The molecule has 0 saturated heterocycles. The second-order valence-corrected chi connectivity index (χ2v) is 4.22. The van der Waals surface area contributed by atoms with E-state index in [4.69, 9.17) is 0 Å². The second-order valence-electron chi connectivity index (χ2n) is 1.75. The third-order valence-corrected chi connectivity index (χ3v) is 2.71. The molecule has 0 N–H and O–H groups in total. The van der Waals surface area contributed by atoms with Gasteiger partial charge in [0, 0.05) is 0 Å². The van der Waals surface area contributed by atoms with Crippen molar-refractivity contribution in [2.75, 3.05) is 0 Å². The van der Waals surface area contributed by atoms with Crippen LogP contribution in [0.2, 0.25) is 0 Å². The lowest BCUT2D eigenvalue weighted by molar-refractivity contribution is 0.565. The average molecular weight is 230 g/mol. The van der Waals surface area contributed by atoms with Gasteiger partial charge < -0.3 is 0 Å². The Morgan fingerprint density at radius 3 is 2.91 bits per heavy atom. The van der Waals surface area contributed by atoms with Gasteiger partial charge in [-0.25, -0.2) is 4.79 Å². The topological polar surface area (TPSA) is 29.4 Å². The van der Waals surface area contributed by atoms with Crippen LogP contribution in [0.4, 0.5) is 0 Å². The summed E-state index contributed by atoms with van der Waals surface area (Å²) in [5, 5.41) is 0. The first-order valence-electron chi connectivity index (χ1n) is 2.76. The van der Waals surface area contributed by atoms with Gasteiger partial charge in [-0.2, -0.15) is 4.99 Å². The van der Waals surface area contributed by atoms with Crippen molar-refractivity contribution in [1.82, 2.24) is 0 Å². The molecule has 4 heteroatoms. The van der Waals surface area contributed by atoms with Crippen molar-refractivity contribution in [2.45, 2.75) is 0 Å². The highest BCUT2D eigenvalue weighted by Gasteiger charge is 1.99. The fourth-order valence-corrected chi connectivity index (χ4v) is 1.88. The van der Waals surface area contributed by atoms with Gasteiger partial charge in [0.1, 0.15) is 0 Å². The maximum absolute atomic E-state index is 9.84. The van der Waals surface area contributed by atoms with E-state index in [9.17, 15) is 4.79 Å². The van der Waals surface area contributed by atoms with Crippen LogP contribution in [-0.2, 0) is 4.79 Å². The first-order valence-corrected chi connectivity index (χ1v) is 4.37. The summed E-state index contributed by atoms with van der Waals surface area (Å²) in [5.74, 6) is 0. The van der Waals surface area contributed by atoms with Gasteiger partial charge in [-0.15, -0.1) is 11.3 Å². The molecule has 0 aliphatic carbocycles. The van der Waals surface area contributed by atoms with Gasteiger partial charge in [-0.3, -0.25) is 0 Å². The standard InChI is InChI=1S/C7H4BrNOS/c1-5(9-4-10)6-2-3-7(8)11-6/h2-3H,1H2. The molecule has 0 spiro atoms. The molecule has 0 amide bonds. The van der Waals surface area contributed by atoms with Crippen molar-refractivity contribution in [3.63, 3.8) is 0 Å². The number of carbonyl (C=O) groups excluding carboxylic acids is 1. The van der Waals surface area contributed by atoms with Crippen molar-refractivity contribution in [1.29, 1.82) is 0 Å². The molecule has 0 aliphatic rings. The van der Waals surface area contributed by atoms with Crippen molar-refractivity contribution in [3.8, 4) is 0 Å². The number of rotatable bonds is 2. The third kappa shape index (κ3) is 2.12. The molecular weight excluding hydrogens is 226 g/mol. The Bertz CT molecular complexity index is 325. The number of aliphatic imine (C=N–C) groups is 1. The van der Waals surface area contributed by atoms with Crippen molar-refractivity contribution >= 4 is 39.0 Å². The first-order chi connectivity index (χ1) is 5.24. The Balaban J connectivity index is 2.93. The van der Waals surface area contributed by atoms with Crippen LogP contribution in [0.3, 0.4) is 0 Å². The summed E-state index contributed by atoms with van der Waals surface area (Å²) in [4.78, 5) is 14.1. The van der Waals surface area contributed by atoms with E-state index in [0.29, 0.717) is 5.70 Å². The quantitative estimate of drug-likeness (QED) is 0.567. The molecule has 56 valence electrons. The molecule has 0 radical (unpaired) electrons. The SMILES string of the molecule is C=C(N=C=O)c1ccc(Br)s1. The third-order valence-electron chi connectivity index (χ3n) is 1.04. The smallest absolute Gasteiger partial charge is 0.211 e.